The lowest BCUT2D eigenvalue weighted by Crippen LogP contribution is -2.51. The zero-order valence-corrected chi connectivity index (χ0v) is 8.29. The molecule has 0 aromatic rings. The van der Waals surface area contributed by atoms with Gasteiger partial charge in [-0.2, -0.15) is 0 Å². The molecule has 0 unspecified atom stereocenters. The lowest BCUT2D eigenvalue weighted by Gasteiger charge is -2.34. The van der Waals surface area contributed by atoms with Crippen molar-refractivity contribution in [1.82, 2.24) is 15.1 Å². The van der Waals surface area contributed by atoms with Crippen molar-refractivity contribution < 1.29 is 0 Å². The molecule has 2 rings (SSSR count). The third kappa shape index (κ3) is 1.94. The molecule has 0 bridgehead atoms. The van der Waals surface area contributed by atoms with Gasteiger partial charge in [0.25, 0.3) is 0 Å². The first kappa shape index (κ1) is 8.81. The van der Waals surface area contributed by atoms with Crippen molar-refractivity contribution >= 4 is 5.96 Å². The van der Waals surface area contributed by atoms with Crippen LogP contribution in [-0.2, 0) is 0 Å². The number of aliphatic imine (C=N–C) groups is 1. The Morgan fingerprint density at radius 2 is 2.08 bits per heavy atom. The van der Waals surface area contributed by atoms with Crippen LogP contribution >= 0.6 is 0 Å². The highest BCUT2D eigenvalue weighted by molar-refractivity contribution is 5.81. The third-order valence-electron chi connectivity index (χ3n) is 2.78. The van der Waals surface area contributed by atoms with Gasteiger partial charge in [-0.3, -0.25) is 4.99 Å². The highest BCUT2D eigenvalue weighted by Crippen LogP contribution is 2.02. The van der Waals surface area contributed by atoms with Gasteiger partial charge in [-0.05, 0) is 6.54 Å². The van der Waals surface area contributed by atoms with E-state index in [4.69, 9.17) is 0 Å². The molecule has 0 radical (unpaired) electrons. The maximum absolute atomic E-state index is 4.42. The minimum Gasteiger partial charge on any atom is -0.354 e. The maximum Gasteiger partial charge on any atom is 0.194 e. The summed E-state index contributed by atoms with van der Waals surface area (Å²) in [6, 6.07) is 0. The monoisotopic (exact) mass is 182 g/mol. The maximum atomic E-state index is 4.42. The fourth-order valence-electron chi connectivity index (χ4n) is 1.87. The van der Waals surface area contributed by atoms with Crippen LogP contribution in [0.3, 0.4) is 0 Å². The first-order valence-corrected chi connectivity index (χ1v) is 5.16. The van der Waals surface area contributed by atoms with Crippen molar-refractivity contribution in [2.24, 2.45) is 4.99 Å². The predicted octanol–water partition coefficient (Wildman–Crippen LogP) is -0.417. The second-order valence-electron chi connectivity index (χ2n) is 3.55. The van der Waals surface area contributed by atoms with Gasteiger partial charge >= 0.3 is 0 Å². The molecular weight excluding hydrogens is 164 g/mol. The van der Waals surface area contributed by atoms with E-state index in [9.17, 15) is 0 Å². The molecule has 4 heteroatoms. The van der Waals surface area contributed by atoms with Crippen molar-refractivity contribution in [3.8, 4) is 0 Å². The standard InChI is InChI=1S/C9H18N4/c1-2-12-5-7-13(8-6-12)9-10-3-4-11-9/h2-8H2,1H3,(H,10,11). The van der Waals surface area contributed by atoms with Gasteiger partial charge in [0.15, 0.2) is 5.96 Å². The number of likely N-dealkylation sites (N-methyl/N-ethyl adjacent to an activating group) is 1. The third-order valence-corrected chi connectivity index (χ3v) is 2.78. The lowest BCUT2D eigenvalue weighted by atomic mass is 10.3. The van der Waals surface area contributed by atoms with E-state index < -0.39 is 0 Å². The van der Waals surface area contributed by atoms with Crippen molar-refractivity contribution in [2.75, 3.05) is 45.8 Å². The van der Waals surface area contributed by atoms with E-state index in [1.165, 1.54) is 19.6 Å². The summed E-state index contributed by atoms with van der Waals surface area (Å²) in [6.07, 6.45) is 0. The van der Waals surface area contributed by atoms with Gasteiger partial charge in [0, 0.05) is 32.7 Å². The Bertz CT molecular complexity index is 194. The van der Waals surface area contributed by atoms with Crippen LogP contribution in [-0.4, -0.2) is 61.6 Å². The fraction of sp³-hybridized carbons (Fsp3) is 0.889. The van der Waals surface area contributed by atoms with Crippen LogP contribution in [0.4, 0.5) is 0 Å². The van der Waals surface area contributed by atoms with Crippen LogP contribution < -0.4 is 5.32 Å². The van der Waals surface area contributed by atoms with Crippen molar-refractivity contribution in [2.45, 2.75) is 6.92 Å². The van der Waals surface area contributed by atoms with Crippen LogP contribution in [0, 0.1) is 0 Å². The zero-order valence-electron chi connectivity index (χ0n) is 8.29. The second kappa shape index (κ2) is 3.96. The van der Waals surface area contributed by atoms with Gasteiger partial charge in [0.05, 0.1) is 6.54 Å². The first-order valence-electron chi connectivity index (χ1n) is 5.16. The Morgan fingerprint density at radius 1 is 1.31 bits per heavy atom. The minimum atomic E-state index is 0.948. The summed E-state index contributed by atoms with van der Waals surface area (Å²) in [4.78, 5) is 9.26. The molecule has 1 saturated heterocycles. The SMILES string of the molecule is CCN1CCN(C2=NCCN2)CC1. The van der Waals surface area contributed by atoms with Gasteiger partial charge in [0.1, 0.15) is 0 Å². The molecule has 0 atom stereocenters. The first-order chi connectivity index (χ1) is 6.40. The summed E-state index contributed by atoms with van der Waals surface area (Å²) in [5.41, 5.74) is 0. The van der Waals surface area contributed by atoms with Crippen LogP contribution in [0.15, 0.2) is 4.99 Å². The Balaban J connectivity index is 1.83. The van der Waals surface area contributed by atoms with Crippen LogP contribution in [0.25, 0.3) is 0 Å². The number of rotatable bonds is 1. The summed E-state index contributed by atoms with van der Waals surface area (Å²) in [5.74, 6) is 1.12. The van der Waals surface area contributed by atoms with Crippen molar-refractivity contribution in [3.05, 3.63) is 0 Å². The van der Waals surface area contributed by atoms with E-state index >= 15 is 0 Å². The number of piperazine rings is 1. The topological polar surface area (TPSA) is 30.9 Å². The summed E-state index contributed by atoms with van der Waals surface area (Å²) in [7, 11) is 0. The number of hydrogen-bond donors (Lipinski definition) is 1. The normalized spacial score (nSPS) is 24.4. The lowest BCUT2D eigenvalue weighted by molar-refractivity contribution is 0.187. The van der Waals surface area contributed by atoms with Crippen molar-refractivity contribution in [1.29, 1.82) is 0 Å². The average molecular weight is 182 g/mol. The molecule has 1 N–H and O–H groups in total. The molecule has 0 saturated carbocycles. The van der Waals surface area contributed by atoms with E-state index in [0.717, 1.165) is 32.1 Å². The number of guanidine groups is 1. The molecule has 1 fully saturated rings. The summed E-state index contributed by atoms with van der Waals surface area (Å²) >= 11 is 0. The van der Waals surface area contributed by atoms with Gasteiger partial charge in [0.2, 0.25) is 0 Å². The molecule has 4 nitrogen and oxygen atoms in total. The number of hydrogen-bond acceptors (Lipinski definition) is 4. The molecule has 74 valence electrons. The predicted molar refractivity (Wildman–Crippen MR) is 54.0 cm³/mol. The minimum absolute atomic E-state index is 0.948. The zero-order chi connectivity index (χ0) is 9.10. The molecule has 2 heterocycles. The van der Waals surface area contributed by atoms with Crippen LogP contribution in [0.1, 0.15) is 6.92 Å². The largest absolute Gasteiger partial charge is 0.354 e. The van der Waals surface area contributed by atoms with E-state index in [-0.39, 0.29) is 0 Å². The van der Waals surface area contributed by atoms with Gasteiger partial charge in [-0.15, -0.1) is 0 Å². The molecule has 0 aliphatic carbocycles. The molecule has 13 heavy (non-hydrogen) atoms. The molecule has 0 aromatic heterocycles. The highest BCUT2D eigenvalue weighted by Gasteiger charge is 2.19. The van der Waals surface area contributed by atoms with Gasteiger partial charge < -0.3 is 15.1 Å². The van der Waals surface area contributed by atoms with Gasteiger partial charge in [-0.25, -0.2) is 0 Å². The number of nitrogens with zero attached hydrogens (tertiary/aromatic N) is 3. The quantitative estimate of drug-likeness (QED) is 0.598. The molecular formula is C9H18N4. The van der Waals surface area contributed by atoms with Crippen molar-refractivity contribution in [3.63, 3.8) is 0 Å². The summed E-state index contributed by atoms with van der Waals surface area (Å²) < 4.78 is 0. The Hall–Kier alpha value is -0.770. The molecule has 0 spiro atoms. The average Bonchev–Trinajstić information content (AvgIpc) is 2.71. The van der Waals surface area contributed by atoms with Crippen LogP contribution in [0.2, 0.25) is 0 Å². The summed E-state index contributed by atoms with van der Waals surface area (Å²) in [5, 5.41) is 3.32. The second-order valence-corrected chi connectivity index (χ2v) is 3.55. The molecule has 0 aromatic carbocycles. The Kier molecular flexibility index (Phi) is 2.68. The highest BCUT2D eigenvalue weighted by atomic mass is 15.4. The van der Waals surface area contributed by atoms with Gasteiger partial charge in [-0.1, -0.05) is 6.92 Å². The Morgan fingerprint density at radius 3 is 2.62 bits per heavy atom. The molecule has 2 aliphatic rings. The van der Waals surface area contributed by atoms with E-state index in [1.807, 2.05) is 0 Å². The van der Waals surface area contributed by atoms with E-state index in [2.05, 4.69) is 27.0 Å². The molecule has 0 amide bonds. The summed E-state index contributed by atoms with van der Waals surface area (Å²) in [6.45, 7) is 9.97. The molecule has 2 aliphatic heterocycles. The number of nitrogens with one attached hydrogen (secondary N) is 1. The Labute approximate surface area is 79.6 Å². The van der Waals surface area contributed by atoms with E-state index in [1.54, 1.807) is 0 Å². The fourth-order valence-corrected chi connectivity index (χ4v) is 1.87. The van der Waals surface area contributed by atoms with E-state index in [0.29, 0.717) is 0 Å². The van der Waals surface area contributed by atoms with Crippen LogP contribution in [0.5, 0.6) is 0 Å². The smallest absolute Gasteiger partial charge is 0.194 e.